The fourth-order valence-electron chi connectivity index (χ4n) is 7.03. The molecule has 0 saturated carbocycles. The minimum absolute atomic E-state index is 0.459. The SMILES string of the molecule is Cc1ccccc1N(C)c1ccccc1[PH](C)(c1cc2ccccc2cc1N(C)c1cc2ccccc2cc1PC(C)C)C(C)C. The first kappa shape index (κ1) is 32.2. The third-order valence-corrected chi connectivity index (χ3v) is 16.6. The Labute approximate surface area is 278 Å². The van der Waals surface area contributed by atoms with Crippen LogP contribution in [0.25, 0.3) is 21.5 Å². The molecular formula is C42H48N2P2. The number of rotatable bonds is 9. The molecule has 0 radical (unpaired) electrons. The van der Waals surface area contributed by atoms with Gasteiger partial charge < -0.3 is 0 Å². The molecule has 0 aliphatic rings. The van der Waals surface area contributed by atoms with E-state index in [2.05, 4.69) is 187 Å². The number of aryl methyl sites for hydroxylation is 1. The molecule has 0 fully saturated rings. The maximum atomic E-state index is 2.60. The Kier molecular flexibility index (Phi) is 9.25. The molecule has 1 atom stereocenters. The summed E-state index contributed by atoms with van der Waals surface area (Å²) in [6.45, 7) is 14.4. The zero-order chi connectivity index (χ0) is 32.6. The van der Waals surface area contributed by atoms with Crippen LogP contribution in [0.2, 0.25) is 0 Å². The van der Waals surface area contributed by atoms with Gasteiger partial charge in [0, 0.05) is 0 Å². The third kappa shape index (κ3) is 5.95. The summed E-state index contributed by atoms with van der Waals surface area (Å²) in [5.41, 5.74) is 7.52. The van der Waals surface area contributed by atoms with E-state index in [-0.39, 0.29) is 0 Å². The predicted octanol–water partition coefficient (Wildman–Crippen LogP) is 10.3. The van der Waals surface area contributed by atoms with Crippen LogP contribution in [0.1, 0.15) is 33.3 Å². The monoisotopic (exact) mass is 642 g/mol. The summed E-state index contributed by atoms with van der Waals surface area (Å²) in [6.07, 6.45) is 0. The first-order chi connectivity index (χ1) is 22.1. The number of hydrogen-bond acceptors (Lipinski definition) is 2. The Morgan fingerprint density at radius 2 is 1.00 bits per heavy atom. The normalized spacial score (nSPS) is 12.6. The van der Waals surface area contributed by atoms with E-state index in [4.69, 9.17) is 0 Å². The molecule has 1 unspecified atom stereocenters. The molecule has 0 amide bonds. The van der Waals surface area contributed by atoms with E-state index in [1.54, 1.807) is 0 Å². The Bertz CT molecular complexity index is 2010. The molecule has 6 aromatic carbocycles. The van der Waals surface area contributed by atoms with Crippen LogP contribution in [0.3, 0.4) is 0 Å². The molecule has 0 aromatic heterocycles. The molecule has 0 N–H and O–H groups in total. The van der Waals surface area contributed by atoms with Crippen LogP contribution < -0.4 is 25.7 Å². The second-order valence-corrected chi connectivity index (χ2v) is 20.1. The number of hydrogen-bond donors (Lipinski definition) is 0. The Balaban J connectivity index is 1.62. The van der Waals surface area contributed by atoms with Crippen LogP contribution in [0.15, 0.2) is 121 Å². The van der Waals surface area contributed by atoms with Gasteiger partial charge in [-0.05, 0) is 0 Å². The van der Waals surface area contributed by atoms with Gasteiger partial charge in [-0.25, -0.2) is 0 Å². The third-order valence-electron chi connectivity index (χ3n) is 9.91. The van der Waals surface area contributed by atoms with Crippen molar-refractivity contribution in [1.29, 1.82) is 0 Å². The van der Waals surface area contributed by atoms with Crippen molar-refractivity contribution < 1.29 is 0 Å². The van der Waals surface area contributed by atoms with Crippen LogP contribution in [0.5, 0.6) is 0 Å². The summed E-state index contributed by atoms with van der Waals surface area (Å²) in [4.78, 5) is 4.92. The molecule has 0 saturated heterocycles. The summed E-state index contributed by atoms with van der Waals surface area (Å²) >= 11 is 0. The van der Waals surface area contributed by atoms with Crippen molar-refractivity contribution in [3.63, 3.8) is 0 Å². The fourth-order valence-corrected chi connectivity index (χ4v) is 12.3. The van der Waals surface area contributed by atoms with Crippen LogP contribution >= 0.6 is 15.8 Å². The first-order valence-electron chi connectivity index (χ1n) is 16.5. The van der Waals surface area contributed by atoms with Gasteiger partial charge >= 0.3 is 279 Å². The molecule has 236 valence electrons. The van der Waals surface area contributed by atoms with Gasteiger partial charge in [-0.3, -0.25) is 0 Å². The molecule has 4 heteroatoms. The predicted molar refractivity (Wildman–Crippen MR) is 213 cm³/mol. The van der Waals surface area contributed by atoms with Crippen LogP contribution in [0, 0.1) is 6.92 Å². The van der Waals surface area contributed by atoms with Crippen molar-refractivity contribution in [2.24, 2.45) is 0 Å². The summed E-state index contributed by atoms with van der Waals surface area (Å²) in [6, 6.07) is 45.5. The van der Waals surface area contributed by atoms with Crippen LogP contribution in [0.4, 0.5) is 22.7 Å². The van der Waals surface area contributed by atoms with Gasteiger partial charge in [0.05, 0.1) is 0 Å². The van der Waals surface area contributed by atoms with Crippen LogP contribution in [-0.4, -0.2) is 32.1 Å². The van der Waals surface area contributed by atoms with Gasteiger partial charge in [0.2, 0.25) is 0 Å². The van der Waals surface area contributed by atoms with Crippen molar-refractivity contribution in [2.45, 2.75) is 45.9 Å². The number of benzene rings is 6. The standard InChI is InChI=1S/C42H48N2P2/c1-29(2)45-40-27-34-20-12-10-18-32(34)25-38(40)44(7)39-26-33-19-11-13-21-35(33)28-42(39)46(8,30(3)4)41-24-16-15-23-37(41)43(6)36-22-14-9-17-31(36)5/h9-30,45-46H,1-8H3. The van der Waals surface area contributed by atoms with E-state index in [1.807, 2.05) is 0 Å². The Morgan fingerprint density at radius 3 is 1.59 bits per heavy atom. The van der Waals surface area contributed by atoms with E-state index >= 15 is 0 Å². The number of fused-ring (bicyclic) bond motifs is 2. The average molecular weight is 643 g/mol. The zero-order valence-corrected chi connectivity index (χ0v) is 30.6. The molecule has 0 spiro atoms. The van der Waals surface area contributed by atoms with Gasteiger partial charge in [-0.2, -0.15) is 0 Å². The van der Waals surface area contributed by atoms with E-state index in [0.717, 1.165) is 8.58 Å². The van der Waals surface area contributed by atoms with Crippen molar-refractivity contribution in [1.82, 2.24) is 0 Å². The summed E-state index contributed by atoms with van der Waals surface area (Å²) in [5.74, 6) is 0. The molecule has 2 nitrogen and oxygen atoms in total. The molecule has 6 rings (SSSR count). The van der Waals surface area contributed by atoms with E-state index in [1.165, 1.54) is 65.8 Å². The summed E-state index contributed by atoms with van der Waals surface area (Å²) in [5, 5.41) is 9.59. The van der Waals surface area contributed by atoms with Crippen molar-refractivity contribution in [3.8, 4) is 0 Å². The number of nitrogens with zero attached hydrogens (tertiary/aromatic N) is 2. The first-order valence-corrected chi connectivity index (χ1v) is 20.2. The van der Waals surface area contributed by atoms with E-state index in [0.29, 0.717) is 11.3 Å². The topological polar surface area (TPSA) is 6.48 Å². The van der Waals surface area contributed by atoms with Gasteiger partial charge in [0.25, 0.3) is 0 Å². The summed E-state index contributed by atoms with van der Waals surface area (Å²) in [7, 11) is 2.89. The second-order valence-electron chi connectivity index (χ2n) is 13.5. The Hall–Kier alpha value is -3.70. The molecule has 6 aromatic rings. The van der Waals surface area contributed by atoms with Gasteiger partial charge in [-0.15, -0.1) is 0 Å². The van der Waals surface area contributed by atoms with E-state index < -0.39 is 7.26 Å². The van der Waals surface area contributed by atoms with E-state index in [9.17, 15) is 0 Å². The number of anilines is 4. The van der Waals surface area contributed by atoms with Crippen molar-refractivity contribution >= 4 is 76.1 Å². The van der Waals surface area contributed by atoms with Gasteiger partial charge in [0.15, 0.2) is 0 Å². The van der Waals surface area contributed by atoms with Gasteiger partial charge in [-0.1, -0.05) is 0 Å². The fraction of sp³-hybridized carbons (Fsp3) is 0.238. The quantitative estimate of drug-likeness (QED) is 0.145. The number of para-hydroxylation sites is 2. The molecule has 0 aliphatic heterocycles. The zero-order valence-electron chi connectivity index (χ0n) is 28.6. The minimum atomic E-state index is -2.38. The molecule has 0 aliphatic carbocycles. The van der Waals surface area contributed by atoms with Gasteiger partial charge in [0.1, 0.15) is 0 Å². The summed E-state index contributed by atoms with van der Waals surface area (Å²) < 4.78 is 0. The maximum absolute atomic E-state index is 2.60. The second kappa shape index (κ2) is 13.2. The molecule has 46 heavy (non-hydrogen) atoms. The van der Waals surface area contributed by atoms with Crippen molar-refractivity contribution in [2.75, 3.05) is 30.6 Å². The molecule has 0 bridgehead atoms. The van der Waals surface area contributed by atoms with Crippen molar-refractivity contribution in [3.05, 3.63) is 127 Å². The van der Waals surface area contributed by atoms with Crippen LogP contribution in [-0.2, 0) is 0 Å². The molecular weight excluding hydrogens is 594 g/mol. The average Bonchev–Trinajstić information content (AvgIpc) is 3.06. The molecule has 0 heterocycles. The Morgan fingerprint density at radius 1 is 0.522 bits per heavy atom.